The lowest BCUT2D eigenvalue weighted by atomic mass is 9.79. The van der Waals surface area contributed by atoms with Crippen molar-refractivity contribution < 1.29 is 23.2 Å². The number of ether oxygens (including phenoxy) is 1. The van der Waals surface area contributed by atoms with Crippen LogP contribution in [-0.4, -0.2) is 56.3 Å². The highest BCUT2D eigenvalue weighted by molar-refractivity contribution is 7.90. The van der Waals surface area contributed by atoms with Crippen molar-refractivity contribution in [2.75, 3.05) is 13.7 Å². The quantitative estimate of drug-likeness (QED) is 0.430. The number of benzene rings is 2. The van der Waals surface area contributed by atoms with Gasteiger partial charge in [0.1, 0.15) is 10.6 Å². The van der Waals surface area contributed by atoms with E-state index in [1.54, 1.807) is 30.3 Å². The molecule has 3 rings (SSSR count). The number of fused-ring (bicyclic) bond motifs is 1. The van der Waals surface area contributed by atoms with Crippen LogP contribution >= 0.6 is 0 Å². The minimum absolute atomic E-state index is 0.164. The molecule has 10 heteroatoms. The van der Waals surface area contributed by atoms with Gasteiger partial charge in [-0.2, -0.15) is 13.5 Å². The summed E-state index contributed by atoms with van der Waals surface area (Å²) in [4.78, 5) is 0.164. The highest BCUT2D eigenvalue weighted by Gasteiger charge is 2.31. The Hall–Kier alpha value is -2.69. The summed E-state index contributed by atoms with van der Waals surface area (Å²) in [7, 11) is -3.94. The maximum Gasteiger partial charge on any atom is 0.492 e. The van der Waals surface area contributed by atoms with E-state index in [0.717, 1.165) is 0 Å². The molecule has 2 N–H and O–H groups in total. The second kappa shape index (κ2) is 7.51. The second-order valence-corrected chi connectivity index (χ2v) is 7.29. The Labute approximate surface area is 157 Å². The van der Waals surface area contributed by atoms with Crippen LogP contribution in [0.25, 0.3) is 0 Å². The van der Waals surface area contributed by atoms with Crippen LogP contribution < -0.4 is 10.2 Å². The lowest BCUT2D eigenvalue weighted by Crippen LogP contribution is -2.31. The molecule has 0 amide bonds. The average molecular weight is 387 g/mol. The Balaban J connectivity index is 1.93. The molecule has 0 atom stereocenters. The summed E-state index contributed by atoms with van der Waals surface area (Å²) in [5.74, 6) is 0.571. The van der Waals surface area contributed by atoms with Gasteiger partial charge in [0.15, 0.2) is 5.84 Å². The molecule has 0 spiro atoms. The van der Waals surface area contributed by atoms with Gasteiger partial charge in [-0.25, -0.2) is 5.01 Å². The van der Waals surface area contributed by atoms with Gasteiger partial charge in [0.25, 0.3) is 10.0 Å². The molecule has 0 saturated carbocycles. The SMILES string of the molecule is CCN(/N=C/c1ccc(B(O)O)c(OC)c1)C1=NS(=O)(=O)c2ccccc21. The number of amidine groups is 1. The molecule has 1 heterocycles. The number of methoxy groups -OCH3 is 1. The summed E-state index contributed by atoms with van der Waals surface area (Å²) in [6, 6.07) is 11.4. The zero-order valence-electron chi connectivity index (χ0n) is 14.8. The van der Waals surface area contributed by atoms with Crippen molar-refractivity contribution in [1.29, 1.82) is 0 Å². The fraction of sp³-hybridized carbons (Fsp3) is 0.176. The molecule has 8 nitrogen and oxygen atoms in total. The largest absolute Gasteiger partial charge is 0.497 e. The van der Waals surface area contributed by atoms with Gasteiger partial charge >= 0.3 is 7.12 Å². The first kappa shape index (κ1) is 19.1. The number of hydrogen-bond donors (Lipinski definition) is 2. The highest BCUT2D eigenvalue weighted by atomic mass is 32.2. The van der Waals surface area contributed by atoms with Crippen molar-refractivity contribution >= 4 is 34.7 Å². The molecule has 0 aromatic heterocycles. The summed E-state index contributed by atoms with van der Waals surface area (Å²) >= 11 is 0. The molecule has 0 saturated heterocycles. The Kier molecular flexibility index (Phi) is 5.31. The van der Waals surface area contributed by atoms with Crippen LogP contribution in [0.5, 0.6) is 5.75 Å². The summed E-state index contributed by atoms with van der Waals surface area (Å²) in [5, 5.41) is 24.5. The molecule has 1 aliphatic heterocycles. The van der Waals surface area contributed by atoms with Crippen LogP contribution in [0.1, 0.15) is 18.1 Å². The number of hydrazone groups is 1. The van der Waals surface area contributed by atoms with Crippen LogP contribution in [0.4, 0.5) is 0 Å². The first-order chi connectivity index (χ1) is 12.9. The smallest absolute Gasteiger partial charge is 0.492 e. The van der Waals surface area contributed by atoms with Gasteiger partial charge in [0.2, 0.25) is 0 Å². The Bertz CT molecular complexity index is 1020. The first-order valence-corrected chi connectivity index (χ1v) is 9.61. The predicted octanol–water partition coefficient (Wildman–Crippen LogP) is 0.180. The fourth-order valence-electron chi connectivity index (χ4n) is 2.72. The molecule has 2 aromatic carbocycles. The van der Waals surface area contributed by atoms with Crippen molar-refractivity contribution in [2.45, 2.75) is 11.8 Å². The van der Waals surface area contributed by atoms with E-state index in [2.05, 4.69) is 9.50 Å². The third-order valence-corrected chi connectivity index (χ3v) is 5.36. The van der Waals surface area contributed by atoms with Crippen LogP contribution in [0.3, 0.4) is 0 Å². The zero-order valence-corrected chi connectivity index (χ0v) is 15.6. The minimum atomic E-state index is -3.72. The molecule has 0 aliphatic carbocycles. The summed E-state index contributed by atoms with van der Waals surface area (Å²) in [6.07, 6.45) is 1.52. The van der Waals surface area contributed by atoms with E-state index in [0.29, 0.717) is 23.4 Å². The third kappa shape index (κ3) is 3.73. The van der Waals surface area contributed by atoms with Gasteiger partial charge in [0.05, 0.1) is 13.3 Å². The molecule has 0 fully saturated rings. The van der Waals surface area contributed by atoms with Crippen LogP contribution in [0, 0.1) is 0 Å². The van der Waals surface area contributed by atoms with E-state index in [9.17, 15) is 18.5 Å². The monoisotopic (exact) mass is 387 g/mol. The molecule has 2 aromatic rings. The van der Waals surface area contributed by atoms with Gasteiger partial charge in [0, 0.05) is 17.6 Å². The van der Waals surface area contributed by atoms with Crippen LogP contribution in [-0.2, 0) is 10.0 Å². The van der Waals surface area contributed by atoms with Gasteiger partial charge in [-0.1, -0.05) is 24.3 Å². The Morgan fingerprint density at radius 2 is 2.00 bits per heavy atom. The topological polar surface area (TPSA) is 112 Å². The summed E-state index contributed by atoms with van der Waals surface area (Å²) < 4.78 is 33.4. The summed E-state index contributed by atoms with van der Waals surface area (Å²) in [6.45, 7) is 2.24. The number of rotatable bonds is 5. The normalized spacial score (nSPS) is 14.7. The number of hydrogen-bond acceptors (Lipinski definition) is 7. The van der Waals surface area contributed by atoms with Crippen molar-refractivity contribution in [1.82, 2.24) is 5.01 Å². The maximum atomic E-state index is 12.2. The molecule has 0 unspecified atom stereocenters. The van der Waals surface area contributed by atoms with Crippen molar-refractivity contribution in [3.05, 3.63) is 53.6 Å². The lowest BCUT2D eigenvalue weighted by molar-refractivity contribution is 0.403. The molecule has 0 bridgehead atoms. The van der Waals surface area contributed by atoms with Crippen molar-refractivity contribution in [3.8, 4) is 5.75 Å². The average Bonchev–Trinajstić information content (AvgIpc) is 2.93. The predicted molar refractivity (Wildman–Crippen MR) is 103 cm³/mol. The standard InChI is InChI=1S/C17H18BN3O5S/c1-3-21(17-13-6-4-5-7-16(13)27(24,25)20-17)19-11-12-8-9-14(18(22)23)15(10-12)26-2/h4-11,22-23H,3H2,1-2H3/b19-11+. The van der Waals surface area contributed by atoms with E-state index in [-0.39, 0.29) is 16.2 Å². The van der Waals surface area contributed by atoms with Gasteiger partial charge < -0.3 is 14.8 Å². The van der Waals surface area contributed by atoms with E-state index in [1.165, 1.54) is 30.5 Å². The Morgan fingerprint density at radius 3 is 2.67 bits per heavy atom. The summed E-state index contributed by atoms with van der Waals surface area (Å²) in [5.41, 5.74) is 1.39. The van der Waals surface area contributed by atoms with E-state index in [1.807, 2.05) is 6.92 Å². The fourth-order valence-corrected chi connectivity index (χ4v) is 3.92. The Morgan fingerprint density at radius 1 is 1.26 bits per heavy atom. The van der Waals surface area contributed by atoms with Crippen molar-refractivity contribution in [3.63, 3.8) is 0 Å². The van der Waals surface area contributed by atoms with Crippen molar-refractivity contribution in [2.24, 2.45) is 9.50 Å². The first-order valence-electron chi connectivity index (χ1n) is 8.17. The van der Waals surface area contributed by atoms with Crippen LogP contribution in [0.15, 0.2) is 56.9 Å². The van der Waals surface area contributed by atoms with Gasteiger partial charge in [-0.3, -0.25) is 0 Å². The van der Waals surface area contributed by atoms with E-state index < -0.39 is 17.1 Å². The molecular formula is C17H18BN3O5S. The van der Waals surface area contributed by atoms with E-state index in [4.69, 9.17) is 4.74 Å². The minimum Gasteiger partial charge on any atom is -0.497 e. The van der Waals surface area contributed by atoms with E-state index >= 15 is 0 Å². The van der Waals surface area contributed by atoms with Gasteiger partial charge in [-0.15, -0.1) is 4.40 Å². The molecular weight excluding hydrogens is 369 g/mol. The lowest BCUT2D eigenvalue weighted by Gasteiger charge is -2.16. The molecule has 27 heavy (non-hydrogen) atoms. The maximum absolute atomic E-state index is 12.2. The molecule has 1 aliphatic rings. The third-order valence-electron chi connectivity index (χ3n) is 4.04. The second-order valence-electron chi connectivity index (χ2n) is 5.72. The van der Waals surface area contributed by atoms with Gasteiger partial charge in [-0.05, 0) is 30.7 Å². The highest BCUT2D eigenvalue weighted by Crippen LogP contribution is 2.27. The number of sulfonamides is 1. The number of nitrogens with zero attached hydrogens (tertiary/aromatic N) is 3. The zero-order chi connectivity index (χ0) is 19.6. The van der Waals surface area contributed by atoms with Crippen LogP contribution in [0.2, 0.25) is 0 Å². The molecule has 0 radical (unpaired) electrons. The molecule has 140 valence electrons.